The molecule has 27 heavy (non-hydrogen) atoms. The molecule has 9 nitrogen and oxygen atoms in total. The van der Waals surface area contributed by atoms with Crippen LogP contribution in [-0.4, -0.2) is 84.7 Å². The third-order valence-corrected chi connectivity index (χ3v) is 3.21. The van der Waals surface area contributed by atoms with E-state index in [0.29, 0.717) is 46.1 Å². The number of methoxy groups -OCH3 is 1. The van der Waals surface area contributed by atoms with Crippen molar-refractivity contribution in [2.24, 2.45) is 5.92 Å². The van der Waals surface area contributed by atoms with Gasteiger partial charge in [0.1, 0.15) is 12.6 Å². The Kier molecular flexibility index (Phi) is 17.0. The van der Waals surface area contributed by atoms with Gasteiger partial charge >= 0.3 is 12.1 Å². The zero-order chi connectivity index (χ0) is 20.3. The summed E-state index contributed by atoms with van der Waals surface area (Å²) in [5.74, 6) is -0.226. The number of ether oxygens (including phenoxy) is 6. The molecule has 0 saturated carbocycles. The van der Waals surface area contributed by atoms with Gasteiger partial charge in [0.25, 0.3) is 0 Å². The van der Waals surface area contributed by atoms with Gasteiger partial charge in [-0.3, -0.25) is 0 Å². The van der Waals surface area contributed by atoms with Crippen LogP contribution in [0, 0.1) is 5.92 Å². The molecule has 0 heterocycles. The summed E-state index contributed by atoms with van der Waals surface area (Å²) in [7, 11) is 1.62. The number of esters is 1. The Morgan fingerprint density at radius 2 is 1.33 bits per heavy atom. The molecule has 0 aliphatic rings. The Balaban J connectivity index is 3.67. The van der Waals surface area contributed by atoms with E-state index in [2.05, 4.69) is 5.32 Å². The number of amides is 1. The Morgan fingerprint density at radius 3 is 1.81 bits per heavy atom. The zero-order valence-electron chi connectivity index (χ0n) is 17.0. The molecule has 0 fully saturated rings. The number of rotatable bonds is 17. The van der Waals surface area contributed by atoms with E-state index in [4.69, 9.17) is 28.4 Å². The normalized spacial score (nSPS) is 12.0. The topological polar surface area (TPSA) is 102 Å². The first kappa shape index (κ1) is 25.6. The highest BCUT2D eigenvalue weighted by molar-refractivity contribution is 5.81. The maximum Gasteiger partial charge on any atom is 0.407 e. The number of nitrogens with one attached hydrogen (secondary N) is 1. The molecule has 0 aromatic rings. The summed E-state index contributed by atoms with van der Waals surface area (Å²) in [5, 5.41) is 2.53. The molecular formula is C18H35NO8. The molecule has 0 aliphatic heterocycles. The van der Waals surface area contributed by atoms with Crippen molar-refractivity contribution >= 4 is 12.1 Å². The fraction of sp³-hybridized carbons (Fsp3) is 0.889. The summed E-state index contributed by atoms with van der Waals surface area (Å²) in [5.41, 5.74) is 0. The largest absolute Gasteiger partial charge is 0.464 e. The van der Waals surface area contributed by atoms with Crippen LogP contribution in [0.1, 0.15) is 27.2 Å². The monoisotopic (exact) mass is 393 g/mol. The lowest BCUT2D eigenvalue weighted by Crippen LogP contribution is -2.43. The van der Waals surface area contributed by atoms with Gasteiger partial charge in [-0.05, 0) is 19.3 Å². The van der Waals surface area contributed by atoms with Crippen LogP contribution in [0.4, 0.5) is 4.79 Å². The van der Waals surface area contributed by atoms with E-state index in [0.717, 1.165) is 0 Å². The first-order valence-corrected chi connectivity index (χ1v) is 9.33. The van der Waals surface area contributed by atoms with Gasteiger partial charge in [0.2, 0.25) is 0 Å². The molecule has 0 spiro atoms. The van der Waals surface area contributed by atoms with Gasteiger partial charge in [-0.25, -0.2) is 9.59 Å². The summed E-state index contributed by atoms with van der Waals surface area (Å²) < 4.78 is 30.7. The molecule has 1 N–H and O–H groups in total. The summed E-state index contributed by atoms with van der Waals surface area (Å²) in [6.45, 7) is 9.15. The molecule has 1 atom stereocenters. The molecule has 0 aliphatic carbocycles. The van der Waals surface area contributed by atoms with Crippen molar-refractivity contribution < 1.29 is 38.0 Å². The van der Waals surface area contributed by atoms with Gasteiger partial charge in [0, 0.05) is 7.11 Å². The number of alkyl carbamates (subject to hydrolysis) is 1. The Morgan fingerprint density at radius 1 is 0.815 bits per heavy atom. The van der Waals surface area contributed by atoms with Gasteiger partial charge in [-0.2, -0.15) is 0 Å². The summed E-state index contributed by atoms with van der Waals surface area (Å²) in [4.78, 5) is 23.6. The van der Waals surface area contributed by atoms with E-state index < -0.39 is 18.1 Å². The van der Waals surface area contributed by atoms with Crippen LogP contribution in [0.2, 0.25) is 0 Å². The standard InChI is InChI=1S/C18H35NO8/c1-5-26-17(20)16(14-15(2)3)19-18(21)27-13-12-25-11-10-24-9-8-23-7-6-22-4/h15-16H,5-14H2,1-4H3,(H,19,21). The van der Waals surface area contributed by atoms with Gasteiger partial charge in [-0.1, -0.05) is 13.8 Å². The van der Waals surface area contributed by atoms with Gasteiger partial charge in [0.05, 0.1) is 52.9 Å². The smallest absolute Gasteiger partial charge is 0.407 e. The predicted octanol–water partition coefficient (Wildman–Crippen LogP) is 1.39. The highest BCUT2D eigenvalue weighted by atomic mass is 16.6. The van der Waals surface area contributed by atoms with Crippen molar-refractivity contribution in [1.82, 2.24) is 5.32 Å². The van der Waals surface area contributed by atoms with Crippen molar-refractivity contribution in [2.45, 2.75) is 33.2 Å². The maximum atomic E-state index is 11.8. The minimum absolute atomic E-state index is 0.0865. The van der Waals surface area contributed by atoms with Crippen molar-refractivity contribution in [3.05, 3.63) is 0 Å². The molecule has 0 saturated heterocycles. The lowest BCUT2D eigenvalue weighted by atomic mass is 10.0. The van der Waals surface area contributed by atoms with Crippen LogP contribution in [-0.2, 0) is 33.2 Å². The molecule has 0 aromatic carbocycles. The Labute approximate surface area is 161 Å². The van der Waals surface area contributed by atoms with Crippen LogP contribution < -0.4 is 5.32 Å². The van der Waals surface area contributed by atoms with Crippen LogP contribution >= 0.6 is 0 Å². The van der Waals surface area contributed by atoms with Crippen molar-refractivity contribution in [1.29, 1.82) is 0 Å². The van der Waals surface area contributed by atoms with Gasteiger partial charge in [-0.15, -0.1) is 0 Å². The number of carbonyl (C=O) groups is 2. The number of hydrogen-bond acceptors (Lipinski definition) is 8. The SMILES string of the molecule is CCOC(=O)C(CC(C)C)NC(=O)OCCOCCOCCOCCOC. The lowest BCUT2D eigenvalue weighted by Gasteiger charge is -2.18. The molecule has 1 amide bonds. The van der Waals surface area contributed by atoms with Gasteiger partial charge in [0.15, 0.2) is 0 Å². The average Bonchev–Trinajstić information content (AvgIpc) is 2.62. The Hall–Kier alpha value is -1.42. The minimum Gasteiger partial charge on any atom is -0.464 e. The quantitative estimate of drug-likeness (QED) is 0.292. The van der Waals surface area contributed by atoms with E-state index in [1.165, 1.54) is 0 Å². The summed E-state index contributed by atoms with van der Waals surface area (Å²) >= 11 is 0. The second kappa shape index (κ2) is 18.0. The van der Waals surface area contributed by atoms with Crippen LogP contribution in [0.15, 0.2) is 0 Å². The van der Waals surface area contributed by atoms with Crippen molar-refractivity contribution in [2.75, 3.05) is 66.6 Å². The van der Waals surface area contributed by atoms with Crippen LogP contribution in [0.5, 0.6) is 0 Å². The van der Waals surface area contributed by atoms with Crippen LogP contribution in [0.25, 0.3) is 0 Å². The van der Waals surface area contributed by atoms with Crippen LogP contribution in [0.3, 0.4) is 0 Å². The third-order valence-electron chi connectivity index (χ3n) is 3.21. The number of hydrogen-bond donors (Lipinski definition) is 1. The molecule has 0 bridgehead atoms. The first-order valence-electron chi connectivity index (χ1n) is 9.33. The molecule has 0 radical (unpaired) electrons. The zero-order valence-corrected chi connectivity index (χ0v) is 17.0. The average molecular weight is 393 g/mol. The van der Waals surface area contributed by atoms with E-state index in [9.17, 15) is 9.59 Å². The molecule has 1 unspecified atom stereocenters. The maximum absolute atomic E-state index is 11.8. The second-order valence-electron chi connectivity index (χ2n) is 6.04. The molecule has 160 valence electrons. The predicted molar refractivity (Wildman–Crippen MR) is 98.7 cm³/mol. The molecule has 9 heteroatoms. The molecule has 0 rings (SSSR count). The van der Waals surface area contributed by atoms with E-state index in [1.54, 1.807) is 14.0 Å². The van der Waals surface area contributed by atoms with E-state index in [-0.39, 0.29) is 25.7 Å². The molecular weight excluding hydrogens is 358 g/mol. The van der Waals surface area contributed by atoms with E-state index in [1.807, 2.05) is 13.8 Å². The highest BCUT2D eigenvalue weighted by Gasteiger charge is 2.23. The fourth-order valence-corrected chi connectivity index (χ4v) is 1.99. The van der Waals surface area contributed by atoms with Crippen molar-refractivity contribution in [3.63, 3.8) is 0 Å². The van der Waals surface area contributed by atoms with Crippen molar-refractivity contribution in [3.8, 4) is 0 Å². The first-order chi connectivity index (χ1) is 13.0. The highest BCUT2D eigenvalue weighted by Crippen LogP contribution is 2.06. The summed E-state index contributed by atoms with van der Waals surface area (Å²) in [6, 6.07) is -0.710. The van der Waals surface area contributed by atoms with E-state index >= 15 is 0 Å². The molecule has 0 aromatic heterocycles. The lowest BCUT2D eigenvalue weighted by molar-refractivity contribution is -0.146. The number of carbonyl (C=O) groups excluding carboxylic acids is 2. The third kappa shape index (κ3) is 16.5. The fourth-order valence-electron chi connectivity index (χ4n) is 1.99. The minimum atomic E-state index is -0.710. The second-order valence-corrected chi connectivity index (χ2v) is 6.04. The van der Waals surface area contributed by atoms with Gasteiger partial charge < -0.3 is 33.7 Å². The summed E-state index contributed by atoms with van der Waals surface area (Å²) in [6.07, 6.45) is -0.182. The Bertz CT molecular complexity index is 378.